The van der Waals surface area contributed by atoms with Crippen LogP contribution >= 0.6 is 0 Å². The molecule has 0 bridgehead atoms. The zero-order valence-corrected chi connectivity index (χ0v) is 10.9. The molecule has 0 radical (unpaired) electrons. The van der Waals surface area contributed by atoms with Gasteiger partial charge in [0.1, 0.15) is 11.8 Å². The molecule has 0 aromatic carbocycles. The van der Waals surface area contributed by atoms with Crippen molar-refractivity contribution in [2.45, 2.75) is 37.9 Å². The fraction of sp³-hybridized carbons (Fsp3) is 0.429. The summed E-state index contributed by atoms with van der Waals surface area (Å²) in [6, 6.07) is 2.17. The van der Waals surface area contributed by atoms with Crippen LogP contribution in [0, 0.1) is 12.3 Å². The van der Waals surface area contributed by atoms with Crippen molar-refractivity contribution in [2.75, 3.05) is 0 Å². The van der Waals surface area contributed by atoms with Gasteiger partial charge in [0.15, 0.2) is 0 Å². The second-order valence-corrected chi connectivity index (χ2v) is 4.69. The third kappa shape index (κ3) is 3.54. The maximum atomic E-state index is 12.2. The molecule has 6 heteroatoms. The van der Waals surface area contributed by atoms with Crippen molar-refractivity contribution in [3.8, 4) is 12.3 Å². The number of rotatable bonds is 6. The Balaban J connectivity index is 2.00. The largest absolute Gasteiger partial charge is 0.480 e. The minimum absolute atomic E-state index is 0.0413. The van der Waals surface area contributed by atoms with Gasteiger partial charge in [-0.15, -0.1) is 12.3 Å². The highest BCUT2D eigenvalue weighted by atomic mass is 16.4. The highest BCUT2D eigenvalue weighted by molar-refractivity contribution is 5.83. The molecule has 1 atom stereocenters. The second-order valence-electron chi connectivity index (χ2n) is 4.69. The first-order valence-electron chi connectivity index (χ1n) is 6.37. The Morgan fingerprint density at radius 2 is 2.35 bits per heavy atom. The maximum absolute atomic E-state index is 12.2. The first-order valence-corrected chi connectivity index (χ1v) is 6.37. The zero-order valence-electron chi connectivity index (χ0n) is 10.9. The van der Waals surface area contributed by atoms with E-state index < -0.39 is 18.0 Å². The van der Waals surface area contributed by atoms with Gasteiger partial charge in [0.25, 0.3) is 0 Å². The lowest BCUT2D eigenvalue weighted by Gasteiger charge is -2.23. The minimum Gasteiger partial charge on any atom is -0.480 e. The lowest BCUT2D eigenvalue weighted by molar-refractivity contribution is -0.139. The molecule has 1 heterocycles. The summed E-state index contributed by atoms with van der Waals surface area (Å²) in [6.45, 7) is 0.325. The van der Waals surface area contributed by atoms with Crippen LogP contribution in [0.15, 0.2) is 22.8 Å². The van der Waals surface area contributed by atoms with E-state index in [0.717, 1.165) is 12.8 Å². The van der Waals surface area contributed by atoms with Crippen molar-refractivity contribution >= 4 is 12.0 Å². The van der Waals surface area contributed by atoms with Crippen molar-refractivity contribution in [3.63, 3.8) is 0 Å². The van der Waals surface area contributed by atoms with Crippen LogP contribution in [0.4, 0.5) is 4.79 Å². The first kappa shape index (κ1) is 14.0. The Hall–Kier alpha value is -2.42. The fourth-order valence-corrected chi connectivity index (χ4v) is 1.87. The summed E-state index contributed by atoms with van der Waals surface area (Å²) in [7, 11) is 0. The van der Waals surface area contributed by atoms with Crippen LogP contribution in [-0.4, -0.2) is 34.1 Å². The molecule has 6 nitrogen and oxygen atoms in total. The van der Waals surface area contributed by atoms with E-state index in [-0.39, 0.29) is 12.5 Å². The molecule has 1 unspecified atom stereocenters. The van der Waals surface area contributed by atoms with Crippen LogP contribution < -0.4 is 5.32 Å². The molecule has 1 saturated carbocycles. The molecule has 1 aliphatic carbocycles. The number of urea groups is 1. The average molecular weight is 276 g/mol. The summed E-state index contributed by atoms with van der Waals surface area (Å²) >= 11 is 0. The lowest BCUT2D eigenvalue weighted by Crippen LogP contribution is -2.48. The third-order valence-electron chi connectivity index (χ3n) is 3.07. The van der Waals surface area contributed by atoms with Gasteiger partial charge in [-0.1, -0.05) is 0 Å². The topological polar surface area (TPSA) is 82.8 Å². The number of carboxylic acids is 1. The normalized spacial score (nSPS) is 15.2. The highest BCUT2D eigenvalue weighted by Crippen LogP contribution is 2.28. The molecule has 0 aliphatic heterocycles. The number of carbonyl (C=O) groups is 2. The van der Waals surface area contributed by atoms with Crippen LogP contribution in [0.2, 0.25) is 0 Å². The Kier molecular flexibility index (Phi) is 4.31. The molecule has 1 aliphatic rings. The van der Waals surface area contributed by atoms with Crippen molar-refractivity contribution < 1.29 is 19.1 Å². The molecule has 106 valence electrons. The van der Waals surface area contributed by atoms with Crippen LogP contribution in [0.25, 0.3) is 0 Å². The number of nitrogens with one attached hydrogen (secondary N) is 1. The number of terminal acetylenes is 1. The van der Waals surface area contributed by atoms with Crippen LogP contribution in [0.5, 0.6) is 0 Å². The fourth-order valence-electron chi connectivity index (χ4n) is 1.87. The van der Waals surface area contributed by atoms with Crippen molar-refractivity contribution in [3.05, 3.63) is 24.2 Å². The highest BCUT2D eigenvalue weighted by Gasteiger charge is 2.34. The zero-order chi connectivity index (χ0) is 14.5. The minimum atomic E-state index is -1.13. The summed E-state index contributed by atoms with van der Waals surface area (Å²) in [5, 5.41) is 11.5. The number of hydrogen-bond donors (Lipinski definition) is 2. The molecule has 1 aromatic rings. The molecule has 2 amide bonds. The van der Waals surface area contributed by atoms with E-state index in [4.69, 9.17) is 15.9 Å². The molecule has 0 saturated heterocycles. The Morgan fingerprint density at radius 1 is 1.60 bits per heavy atom. The van der Waals surface area contributed by atoms with Crippen molar-refractivity contribution in [1.29, 1.82) is 0 Å². The van der Waals surface area contributed by atoms with E-state index in [2.05, 4.69) is 11.2 Å². The van der Waals surface area contributed by atoms with E-state index in [0.29, 0.717) is 12.3 Å². The van der Waals surface area contributed by atoms with Gasteiger partial charge in [0.2, 0.25) is 0 Å². The monoisotopic (exact) mass is 276 g/mol. The number of carbonyl (C=O) groups excluding carboxylic acids is 1. The molecule has 1 aromatic heterocycles. The molecule has 0 spiro atoms. The summed E-state index contributed by atoms with van der Waals surface area (Å²) < 4.78 is 5.22. The van der Waals surface area contributed by atoms with E-state index in [1.165, 1.54) is 6.26 Å². The second kappa shape index (κ2) is 6.15. The van der Waals surface area contributed by atoms with E-state index in [1.807, 2.05) is 0 Å². The van der Waals surface area contributed by atoms with Gasteiger partial charge < -0.3 is 19.7 Å². The van der Waals surface area contributed by atoms with Crippen LogP contribution in [0.3, 0.4) is 0 Å². The van der Waals surface area contributed by atoms with Crippen molar-refractivity contribution in [2.24, 2.45) is 0 Å². The average Bonchev–Trinajstić information content (AvgIpc) is 3.12. The summed E-state index contributed by atoms with van der Waals surface area (Å²) in [6.07, 6.45) is 8.44. The van der Waals surface area contributed by atoms with Crippen LogP contribution in [-0.2, 0) is 11.3 Å². The van der Waals surface area contributed by atoms with Gasteiger partial charge in [-0.3, -0.25) is 0 Å². The van der Waals surface area contributed by atoms with E-state index >= 15 is 0 Å². The molecule has 20 heavy (non-hydrogen) atoms. The molecule has 1 fully saturated rings. The summed E-state index contributed by atoms with van der Waals surface area (Å²) in [4.78, 5) is 24.8. The number of amides is 2. The lowest BCUT2D eigenvalue weighted by atomic mass is 10.2. The van der Waals surface area contributed by atoms with Gasteiger partial charge in [-0.05, 0) is 25.0 Å². The molecule has 2 rings (SSSR count). The van der Waals surface area contributed by atoms with E-state index in [9.17, 15) is 9.59 Å². The number of nitrogens with zero attached hydrogens (tertiary/aromatic N) is 1. The standard InChI is InChI=1S/C14H16N2O4/c1-2-4-12(13(17)18)15-14(19)16(10-6-7-10)9-11-5-3-8-20-11/h1,3,5,8,10,12H,4,6-7,9H2,(H,15,19)(H,17,18). The van der Waals surface area contributed by atoms with Gasteiger partial charge in [0, 0.05) is 12.5 Å². The van der Waals surface area contributed by atoms with Crippen molar-refractivity contribution in [1.82, 2.24) is 10.2 Å². The smallest absolute Gasteiger partial charge is 0.327 e. The Labute approximate surface area is 116 Å². The Morgan fingerprint density at radius 3 is 2.85 bits per heavy atom. The van der Waals surface area contributed by atoms with Gasteiger partial charge in [-0.25, -0.2) is 9.59 Å². The predicted octanol–water partition coefficient (Wildman–Crippen LogP) is 1.43. The van der Waals surface area contributed by atoms with Gasteiger partial charge in [-0.2, -0.15) is 0 Å². The third-order valence-corrected chi connectivity index (χ3v) is 3.07. The number of aliphatic carboxylic acids is 1. The summed E-state index contributed by atoms with van der Waals surface area (Å²) in [5.41, 5.74) is 0. The summed E-state index contributed by atoms with van der Waals surface area (Å²) in [5.74, 6) is 1.78. The van der Waals surface area contributed by atoms with Gasteiger partial charge >= 0.3 is 12.0 Å². The van der Waals surface area contributed by atoms with Gasteiger partial charge in [0.05, 0.1) is 12.8 Å². The Bertz CT molecular complexity index is 514. The molecular weight excluding hydrogens is 260 g/mol. The van der Waals surface area contributed by atoms with Crippen LogP contribution in [0.1, 0.15) is 25.0 Å². The quantitative estimate of drug-likeness (QED) is 0.770. The molecule has 2 N–H and O–H groups in total. The number of furan rings is 1. The van der Waals surface area contributed by atoms with E-state index in [1.54, 1.807) is 17.0 Å². The number of hydrogen-bond acceptors (Lipinski definition) is 3. The number of carboxylic acid groups (broad SMARTS) is 1. The maximum Gasteiger partial charge on any atom is 0.327 e. The first-order chi connectivity index (χ1) is 9.61. The predicted molar refractivity (Wildman–Crippen MR) is 70.7 cm³/mol. The molecular formula is C14H16N2O4. The SMILES string of the molecule is C#CCC(NC(=O)N(Cc1ccco1)C1CC1)C(=O)O.